The highest BCUT2D eigenvalue weighted by Gasteiger charge is 2.30. The van der Waals surface area contributed by atoms with Crippen LogP contribution in [-0.2, 0) is 0 Å². The summed E-state index contributed by atoms with van der Waals surface area (Å²) in [4.78, 5) is 12.7. The van der Waals surface area contributed by atoms with E-state index in [0.29, 0.717) is 32.9 Å². The predicted octanol–water partition coefficient (Wildman–Crippen LogP) is 4.57. The van der Waals surface area contributed by atoms with Crippen LogP contribution in [0.15, 0.2) is 47.6 Å². The van der Waals surface area contributed by atoms with Gasteiger partial charge in [-0.15, -0.1) is 0 Å². The fourth-order valence-corrected chi connectivity index (χ4v) is 3.01. The van der Waals surface area contributed by atoms with E-state index in [-0.39, 0.29) is 11.7 Å². The maximum absolute atomic E-state index is 12.7. The molecule has 0 aromatic heterocycles. The number of rotatable bonds is 3. The highest BCUT2D eigenvalue weighted by atomic mass is 35.5. The van der Waals surface area contributed by atoms with Gasteiger partial charge in [0, 0.05) is 22.2 Å². The van der Waals surface area contributed by atoms with E-state index in [1.165, 1.54) is 0 Å². The molecule has 1 aliphatic heterocycles. The number of halogens is 3. The summed E-state index contributed by atoms with van der Waals surface area (Å²) in [7, 11) is 0. The topological polar surface area (TPSA) is 41.5 Å². The molecule has 1 heterocycles. The molecule has 3 nitrogen and oxygen atoms in total. The first-order valence-electron chi connectivity index (χ1n) is 6.62. The third-order valence-corrected chi connectivity index (χ3v) is 4.31. The molecule has 2 aromatic rings. The number of Topliss-reactive ketones (excluding diaryl/α,β-unsaturated/α-hetero) is 1. The van der Waals surface area contributed by atoms with Crippen LogP contribution in [0.1, 0.15) is 21.8 Å². The maximum Gasteiger partial charge on any atom is 0.211 e. The molecule has 0 radical (unpaired) electrons. The zero-order valence-electron chi connectivity index (χ0n) is 11.3. The molecule has 112 valence electrons. The maximum atomic E-state index is 12.7. The lowest BCUT2D eigenvalue weighted by Crippen LogP contribution is -2.22. The third-order valence-electron chi connectivity index (χ3n) is 3.51. The number of nitrogens with zero attached hydrogens (tertiary/aromatic N) is 1. The summed E-state index contributed by atoms with van der Waals surface area (Å²) in [5.41, 5.74) is 4.69. The third kappa shape index (κ3) is 2.98. The Labute approximate surface area is 142 Å². The standard InChI is InChI=1S/C16H11Cl3N2O/c17-10-3-1-9(2-4-10)13-8-20-21-15(13)16(22)12-6-5-11(18)7-14(12)19/h1-7,13,20H,8H2. The van der Waals surface area contributed by atoms with Gasteiger partial charge in [0.1, 0.15) is 5.71 Å². The van der Waals surface area contributed by atoms with Gasteiger partial charge >= 0.3 is 0 Å². The highest BCUT2D eigenvalue weighted by Crippen LogP contribution is 2.27. The zero-order valence-corrected chi connectivity index (χ0v) is 13.6. The van der Waals surface area contributed by atoms with Gasteiger partial charge < -0.3 is 5.43 Å². The van der Waals surface area contributed by atoms with Crippen LogP contribution in [0.5, 0.6) is 0 Å². The average molecular weight is 354 g/mol. The number of hydrogen-bond acceptors (Lipinski definition) is 3. The number of nitrogens with one attached hydrogen (secondary N) is 1. The molecule has 3 rings (SSSR count). The van der Waals surface area contributed by atoms with Crippen molar-refractivity contribution in [3.05, 3.63) is 68.7 Å². The van der Waals surface area contributed by atoms with Crippen LogP contribution in [0.3, 0.4) is 0 Å². The summed E-state index contributed by atoms with van der Waals surface area (Å²) in [6.45, 7) is 0.563. The summed E-state index contributed by atoms with van der Waals surface area (Å²) in [6, 6.07) is 12.2. The Morgan fingerprint density at radius 3 is 2.41 bits per heavy atom. The van der Waals surface area contributed by atoms with Crippen LogP contribution in [-0.4, -0.2) is 18.0 Å². The van der Waals surface area contributed by atoms with Crippen LogP contribution >= 0.6 is 34.8 Å². The lowest BCUT2D eigenvalue weighted by molar-refractivity contribution is 0.106. The molecule has 0 aliphatic carbocycles. The minimum Gasteiger partial charge on any atom is -0.309 e. The Balaban J connectivity index is 1.92. The van der Waals surface area contributed by atoms with Gasteiger partial charge in [0.05, 0.1) is 10.9 Å². The van der Waals surface area contributed by atoms with Crippen molar-refractivity contribution in [3.63, 3.8) is 0 Å². The van der Waals surface area contributed by atoms with E-state index >= 15 is 0 Å². The minimum atomic E-state index is -0.202. The lowest BCUT2D eigenvalue weighted by atomic mass is 9.90. The molecule has 0 saturated carbocycles. The second-order valence-corrected chi connectivity index (χ2v) is 6.20. The number of benzene rings is 2. The van der Waals surface area contributed by atoms with Gasteiger partial charge in [0.15, 0.2) is 0 Å². The molecular formula is C16H11Cl3N2O. The molecule has 22 heavy (non-hydrogen) atoms. The highest BCUT2D eigenvalue weighted by molar-refractivity contribution is 6.51. The molecule has 0 fully saturated rings. The van der Waals surface area contributed by atoms with Crippen LogP contribution in [0.2, 0.25) is 15.1 Å². The van der Waals surface area contributed by atoms with Gasteiger partial charge in [-0.2, -0.15) is 5.10 Å². The van der Waals surface area contributed by atoms with Crippen molar-refractivity contribution in [1.82, 2.24) is 5.43 Å². The molecular weight excluding hydrogens is 343 g/mol. The molecule has 0 bridgehead atoms. The average Bonchev–Trinajstić information content (AvgIpc) is 2.97. The molecule has 1 atom stereocenters. The van der Waals surface area contributed by atoms with Gasteiger partial charge in [-0.3, -0.25) is 4.79 Å². The number of carbonyl (C=O) groups is 1. The fraction of sp³-hybridized carbons (Fsp3) is 0.125. The Hall–Kier alpha value is -1.55. The molecule has 1 aliphatic rings. The summed E-state index contributed by atoms with van der Waals surface area (Å²) >= 11 is 17.9. The van der Waals surface area contributed by atoms with Crippen molar-refractivity contribution < 1.29 is 4.79 Å². The number of hydrogen-bond donors (Lipinski definition) is 1. The Bertz CT molecular complexity index is 756. The van der Waals surface area contributed by atoms with E-state index in [9.17, 15) is 4.79 Å². The Morgan fingerprint density at radius 2 is 1.73 bits per heavy atom. The molecule has 2 aromatic carbocycles. The second kappa shape index (κ2) is 6.29. The van der Waals surface area contributed by atoms with Gasteiger partial charge in [-0.25, -0.2) is 0 Å². The second-order valence-electron chi connectivity index (χ2n) is 4.92. The first kappa shape index (κ1) is 15.3. The van der Waals surface area contributed by atoms with E-state index in [1.807, 2.05) is 12.1 Å². The summed E-state index contributed by atoms with van der Waals surface area (Å²) in [5, 5.41) is 5.61. The van der Waals surface area contributed by atoms with Crippen molar-refractivity contribution in [3.8, 4) is 0 Å². The monoisotopic (exact) mass is 352 g/mol. The van der Waals surface area contributed by atoms with Crippen molar-refractivity contribution in [1.29, 1.82) is 0 Å². The summed E-state index contributed by atoms with van der Waals surface area (Å²) in [5.74, 6) is -0.330. The van der Waals surface area contributed by atoms with Crippen LogP contribution in [0, 0.1) is 0 Å². The van der Waals surface area contributed by atoms with Crippen LogP contribution in [0.4, 0.5) is 0 Å². The van der Waals surface area contributed by atoms with Crippen molar-refractivity contribution in [2.75, 3.05) is 6.54 Å². The molecule has 1 unspecified atom stereocenters. The molecule has 0 saturated heterocycles. The SMILES string of the molecule is O=C(C1=NNCC1c1ccc(Cl)cc1)c1ccc(Cl)cc1Cl. The molecule has 6 heteroatoms. The zero-order chi connectivity index (χ0) is 15.7. The van der Waals surface area contributed by atoms with Crippen molar-refractivity contribution in [2.24, 2.45) is 5.10 Å². The van der Waals surface area contributed by atoms with Gasteiger partial charge in [0.2, 0.25) is 5.78 Å². The lowest BCUT2D eigenvalue weighted by Gasteiger charge is -2.12. The molecule has 0 spiro atoms. The van der Waals surface area contributed by atoms with E-state index in [0.717, 1.165) is 5.56 Å². The Kier molecular flexibility index (Phi) is 4.39. The molecule has 1 N–H and O–H groups in total. The quantitative estimate of drug-likeness (QED) is 0.821. The van der Waals surface area contributed by atoms with E-state index in [1.54, 1.807) is 30.3 Å². The predicted molar refractivity (Wildman–Crippen MR) is 90.4 cm³/mol. The van der Waals surface area contributed by atoms with E-state index < -0.39 is 0 Å². The van der Waals surface area contributed by atoms with Crippen LogP contribution in [0.25, 0.3) is 0 Å². The van der Waals surface area contributed by atoms with Gasteiger partial charge in [-0.05, 0) is 35.9 Å². The van der Waals surface area contributed by atoms with Gasteiger partial charge in [-0.1, -0.05) is 46.9 Å². The van der Waals surface area contributed by atoms with Gasteiger partial charge in [0.25, 0.3) is 0 Å². The van der Waals surface area contributed by atoms with E-state index in [2.05, 4.69) is 10.5 Å². The number of ketones is 1. The fourth-order valence-electron chi connectivity index (χ4n) is 2.39. The smallest absolute Gasteiger partial charge is 0.211 e. The minimum absolute atomic E-state index is 0.128. The first-order valence-corrected chi connectivity index (χ1v) is 7.75. The molecule has 0 amide bonds. The number of hydrazone groups is 1. The van der Waals surface area contributed by atoms with Crippen LogP contribution < -0.4 is 5.43 Å². The normalized spacial score (nSPS) is 17.0. The van der Waals surface area contributed by atoms with E-state index in [4.69, 9.17) is 34.8 Å². The first-order chi connectivity index (χ1) is 10.6. The largest absolute Gasteiger partial charge is 0.309 e. The summed E-state index contributed by atoms with van der Waals surface area (Å²) < 4.78 is 0. The number of carbonyl (C=O) groups excluding carboxylic acids is 1. The Morgan fingerprint density at radius 1 is 1.05 bits per heavy atom. The summed E-state index contributed by atoms with van der Waals surface area (Å²) in [6.07, 6.45) is 0. The van der Waals surface area contributed by atoms with Crippen molar-refractivity contribution >= 4 is 46.3 Å². The van der Waals surface area contributed by atoms with Crippen molar-refractivity contribution in [2.45, 2.75) is 5.92 Å².